The summed E-state index contributed by atoms with van der Waals surface area (Å²) in [5, 5.41) is 10.9. The first kappa shape index (κ1) is 15.8. The number of esters is 1. The zero-order valence-corrected chi connectivity index (χ0v) is 13.0. The van der Waals surface area contributed by atoms with E-state index in [1.807, 2.05) is 37.3 Å². The molecule has 1 aliphatic carbocycles. The summed E-state index contributed by atoms with van der Waals surface area (Å²) in [6.45, 7) is 9.41. The average Bonchev–Trinajstić information content (AvgIpc) is 2.79. The summed E-state index contributed by atoms with van der Waals surface area (Å²) in [4.78, 5) is 12.4. The Kier molecular flexibility index (Phi) is 4.52. The number of benzene rings is 1. The Morgan fingerprint density at radius 3 is 2.52 bits per heavy atom. The van der Waals surface area contributed by atoms with E-state index >= 15 is 0 Å². The predicted molar refractivity (Wildman–Crippen MR) is 82.9 cm³/mol. The molecule has 3 nitrogen and oxygen atoms in total. The molecule has 3 atom stereocenters. The summed E-state index contributed by atoms with van der Waals surface area (Å²) in [5.74, 6) is -0.629. The second-order valence-electron chi connectivity index (χ2n) is 6.32. The lowest BCUT2D eigenvalue weighted by molar-refractivity contribution is -0.172. The van der Waals surface area contributed by atoms with Crippen molar-refractivity contribution in [2.75, 3.05) is 0 Å². The third-order valence-electron chi connectivity index (χ3n) is 4.22. The number of hydrogen-bond donors (Lipinski definition) is 1. The minimum atomic E-state index is -1.46. The number of aliphatic hydroxyl groups is 1. The number of carbonyl (C=O) groups excluding carboxylic acids is 1. The molecule has 2 rings (SSSR count). The second kappa shape index (κ2) is 6.02. The molecule has 0 saturated heterocycles. The van der Waals surface area contributed by atoms with Crippen LogP contribution in [0, 0.1) is 5.92 Å². The van der Waals surface area contributed by atoms with Gasteiger partial charge >= 0.3 is 5.97 Å². The van der Waals surface area contributed by atoms with E-state index in [0.717, 1.165) is 17.6 Å². The first-order chi connectivity index (χ1) is 9.84. The van der Waals surface area contributed by atoms with Crippen LogP contribution in [0.15, 0.2) is 42.5 Å². The lowest BCUT2D eigenvalue weighted by Gasteiger charge is -2.29. The van der Waals surface area contributed by atoms with Crippen LogP contribution in [0.25, 0.3) is 0 Å². The molecule has 1 aromatic rings. The number of hydrogen-bond acceptors (Lipinski definition) is 3. The normalized spacial score (nSPS) is 28.6. The van der Waals surface area contributed by atoms with E-state index < -0.39 is 11.6 Å². The van der Waals surface area contributed by atoms with Crippen LogP contribution in [0.4, 0.5) is 0 Å². The van der Waals surface area contributed by atoms with Gasteiger partial charge in [0.1, 0.15) is 0 Å². The quantitative estimate of drug-likeness (QED) is 0.682. The third-order valence-corrected chi connectivity index (χ3v) is 4.22. The molecule has 1 N–H and O–H groups in total. The molecular weight excluding hydrogens is 264 g/mol. The maximum atomic E-state index is 12.4. The Morgan fingerprint density at radius 2 is 2.00 bits per heavy atom. The van der Waals surface area contributed by atoms with Crippen LogP contribution in [0.5, 0.6) is 0 Å². The topological polar surface area (TPSA) is 46.5 Å². The molecule has 21 heavy (non-hydrogen) atoms. The molecule has 0 amide bonds. The van der Waals surface area contributed by atoms with Crippen LogP contribution in [-0.4, -0.2) is 22.8 Å². The largest absolute Gasteiger partial charge is 0.461 e. The third kappa shape index (κ3) is 3.18. The summed E-state index contributed by atoms with van der Waals surface area (Å²) < 4.78 is 5.27. The number of carbonyl (C=O) groups is 1. The highest BCUT2D eigenvalue weighted by Gasteiger charge is 2.53. The Hall–Kier alpha value is -1.61. The molecule has 1 saturated carbocycles. The van der Waals surface area contributed by atoms with E-state index in [9.17, 15) is 9.90 Å². The van der Waals surface area contributed by atoms with E-state index in [4.69, 9.17) is 4.74 Å². The molecule has 3 heteroatoms. The van der Waals surface area contributed by atoms with Crippen molar-refractivity contribution in [3.05, 3.63) is 48.0 Å². The van der Waals surface area contributed by atoms with Gasteiger partial charge in [-0.25, -0.2) is 4.79 Å². The van der Waals surface area contributed by atoms with Crippen LogP contribution >= 0.6 is 0 Å². The maximum absolute atomic E-state index is 12.4. The van der Waals surface area contributed by atoms with Gasteiger partial charge in [-0.05, 0) is 45.1 Å². The van der Waals surface area contributed by atoms with Gasteiger partial charge in [0.2, 0.25) is 0 Å². The fourth-order valence-corrected chi connectivity index (χ4v) is 3.21. The Balaban J connectivity index is 2.27. The van der Waals surface area contributed by atoms with Gasteiger partial charge in [-0.1, -0.05) is 42.5 Å². The molecule has 0 radical (unpaired) electrons. The summed E-state index contributed by atoms with van der Waals surface area (Å²) in [5.41, 5.74) is 0.519. The Bertz CT molecular complexity index is 521. The predicted octanol–water partition coefficient (Wildman–Crippen LogP) is 3.44. The molecule has 0 aromatic heterocycles. The van der Waals surface area contributed by atoms with Crippen molar-refractivity contribution in [3.8, 4) is 0 Å². The molecule has 1 aromatic carbocycles. The zero-order chi connectivity index (χ0) is 15.6. The van der Waals surface area contributed by atoms with Crippen molar-refractivity contribution in [3.63, 3.8) is 0 Å². The highest BCUT2D eigenvalue weighted by molar-refractivity contribution is 5.81. The van der Waals surface area contributed by atoms with E-state index in [1.54, 1.807) is 13.8 Å². The standard InChI is InChI=1S/C18H24O3/c1-12(2)16-10-15(14-8-6-5-7-9-14)11-18(16,20)17(19)21-13(3)4/h5-9,13,15-16,20H,1,10-11H2,2-4H3/t15-,16+,18+/m0/s1. The molecular formula is C18H24O3. The van der Waals surface area contributed by atoms with Gasteiger partial charge in [0.25, 0.3) is 0 Å². The molecule has 1 aliphatic rings. The van der Waals surface area contributed by atoms with Crippen molar-refractivity contribution >= 4 is 5.97 Å². The van der Waals surface area contributed by atoms with Crippen molar-refractivity contribution in [1.82, 2.24) is 0 Å². The fraction of sp³-hybridized carbons (Fsp3) is 0.500. The summed E-state index contributed by atoms with van der Waals surface area (Å²) >= 11 is 0. The van der Waals surface area contributed by atoms with Crippen molar-refractivity contribution in [1.29, 1.82) is 0 Å². The lowest BCUT2D eigenvalue weighted by Crippen LogP contribution is -2.44. The van der Waals surface area contributed by atoms with E-state index in [-0.39, 0.29) is 17.9 Å². The van der Waals surface area contributed by atoms with Gasteiger partial charge in [0.05, 0.1) is 6.10 Å². The molecule has 0 spiro atoms. The van der Waals surface area contributed by atoms with E-state index in [1.165, 1.54) is 0 Å². The molecule has 0 bridgehead atoms. The fourth-order valence-electron chi connectivity index (χ4n) is 3.21. The Morgan fingerprint density at radius 1 is 1.38 bits per heavy atom. The minimum Gasteiger partial charge on any atom is -0.461 e. The monoisotopic (exact) mass is 288 g/mol. The van der Waals surface area contributed by atoms with Gasteiger partial charge < -0.3 is 9.84 Å². The van der Waals surface area contributed by atoms with Crippen LogP contribution in [0.3, 0.4) is 0 Å². The zero-order valence-electron chi connectivity index (χ0n) is 13.0. The van der Waals surface area contributed by atoms with Crippen LogP contribution in [0.2, 0.25) is 0 Å². The smallest absolute Gasteiger partial charge is 0.339 e. The molecule has 0 heterocycles. The lowest BCUT2D eigenvalue weighted by atomic mass is 9.86. The van der Waals surface area contributed by atoms with Gasteiger partial charge in [0.15, 0.2) is 5.60 Å². The first-order valence-electron chi connectivity index (χ1n) is 7.48. The van der Waals surface area contributed by atoms with Gasteiger partial charge in [-0.2, -0.15) is 0 Å². The molecule has 0 unspecified atom stereocenters. The van der Waals surface area contributed by atoms with Crippen molar-refractivity contribution in [2.45, 2.75) is 51.2 Å². The SMILES string of the molecule is C=C(C)[C@H]1C[C@H](c2ccccc2)C[C@]1(O)C(=O)OC(C)C. The van der Waals surface area contributed by atoms with Crippen molar-refractivity contribution in [2.24, 2.45) is 5.92 Å². The van der Waals surface area contributed by atoms with Gasteiger partial charge in [-0.3, -0.25) is 0 Å². The summed E-state index contributed by atoms with van der Waals surface area (Å²) in [6.07, 6.45) is 0.881. The van der Waals surface area contributed by atoms with Crippen LogP contribution < -0.4 is 0 Å². The molecule has 114 valence electrons. The summed E-state index contributed by atoms with van der Waals surface area (Å²) in [7, 11) is 0. The summed E-state index contributed by atoms with van der Waals surface area (Å²) in [6, 6.07) is 10.0. The van der Waals surface area contributed by atoms with E-state index in [0.29, 0.717) is 6.42 Å². The minimum absolute atomic E-state index is 0.151. The first-order valence-corrected chi connectivity index (χ1v) is 7.48. The van der Waals surface area contributed by atoms with Crippen LogP contribution in [-0.2, 0) is 9.53 Å². The molecule has 0 aliphatic heterocycles. The maximum Gasteiger partial charge on any atom is 0.339 e. The average molecular weight is 288 g/mol. The van der Waals surface area contributed by atoms with E-state index in [2.05, 4.69) is 6.58 Å². The van der Waals surface area contributed by atoms with Crippen LogP contribution in [0.1, 0.15) is 45.1 Å². The molecule has 1 fully saturated rings. The highest BCUT2D eigenvalue weighted by Crippen LogP contribution is 2.48. The Labute approximate surface area is 126 Å². The van der Waals surface area contributed by atoms with Gasteiger partial charge in [0, 0.05) is 5.92 Å². The number of ether oxygens (including phenoxy) is 1. The van der Waals surface area contributed by atoms with Gasteiger partial charge in [-0.15, -0.1) is 0 Å². The number of rotatable bonds is 4. The highest BCUT2D eigenvalue weighted by atomic mass is 16.6. The second-order valence-corrected chi connectivity index (χ2v) is 6.32. The van der Waals surface area contributed by atoms with Crippen molar-refractivity contribution < 1.29 is 14.6 Å².